The Bertz CT molecular complexity index is 501. The predicted molar refractivity (Wildman–Crippen MR) is 65.6 cm³/mol. The van der Waals surface area contributed by atoms with E-state index in [9.17, 15) is 14.9 Å². The first-order valence-corrected chi connectivity index (χ1v) is 5.76. The van der Waals surface area contributed by atoms with Crippen molar-refractivity contribution in [3.8, 4) is 0 Å². The van der Waals surface area contributed by atoms with Gasteiger partial charge in [0.1, 0.15) is 6.04 Å². The molecule has 1 aromatic carbocycles. The molecule has 18 heavy (non-hydrogen) atoms. The standard InChI is InChI=1S/C12H14N2O4/c1-3-18-12(15)11-7(2)9-6-8(14(16)17)4-5-10(9)13-11/h4-7,11,13H,3H2,1-2H3. The van der Waals surface area contributed by atoms with Crippen molar-refractivity contribution in [3.63, 3.8) is 0 Å². The number of nitro benzene ring substituents is 1. The van der Waals surface area contributed by atoms with Crippen LogP contribution in [0, 0.1) is 10.1 Å². The Hall–Kier alpha value is -2.11. The van der Waals surface area contributed by atoms with Crippen LogP contribution in [0.2, 0.25) is 0 Å². The monoisotopic (exact) mass is 250 g/mol. The first kappa shape index (κ1) is 12.3. The highest BCUT2D eigenvalue weighted by atomic mass is 16.6. The molecule has 96 valence electrons. The Morgan fingerprint density at radius 3 is 2.89 bits per heavy atom. The molecule has 0 spiro atoms. The number of non-ortho nitro benzene ring substituents is 1. The minimum atomic E-state index is -0.470. The average molecular weight is 250 g/mol. The fraction of sp³-hybridized carbons (Fsp3) is 0.417. The van der Waals surface area contributed by atoms with Crippen molar-refractivity contribution in [1.29, 1.82) is 0 Å². The van der Waals surface area contributed by atoms with E-state index < -0.39 is 11.0 Å². The van der Waals surface area contributed by atoms with E-state index in [1.807, 2.05) is 6.92 Å². The second-order valence-corrected chi connectivity index (χ2v) is 4.19. The van der Waals surface area contributed by atoms with Crippen LogP contribution in [0.4, 0.5) is 11.4 Å². The lowest BCUT2D eigenvalue weighted by Crippen LogP contribution is -2.31. The lowest BCUT2D eigenvalue weighted by Gasteiger charge is -2.14. The zero-order chi connectivity index (χ0) is 13.3. The molecule has 2 unspecified atom stereocenters. The number of esters is 1. The summed E-state index contributed by atoms with van der Waals surface area (Å²) in [4.78, 5) is 22.0. The Morgan fingerprint density at radius 1 is 1.56 bits per heavy atom. The number of nitro groups is 1. The van der Waals surface area contributed by atoms with Crippen LogP contribution in [0.1, 0.15) is 25.3 Å². The summed E-state index contributed by atoms with van der Waals surface area (Å²) < 4.78 is 4.97. The van der Waals surface area contributed by atoms with Gasteiger partial charge >= 0.3 is 5.97 Å². The summed E-state index contributed by atoms with van der Waals surface area (Å²) in [7, 11) is 0. The zero-order valence-electron chi connectivity index (χ0n) is 10.2. The van der Waals surface area contributed by atoms with Crippen molar-refractivity contribution in [3.05, 3.63) is 33.9 Å². The van der Waals surface area contributed by atoms with Crippen LogP contribution in [0.15, 0.2) is 18.2 Å². The van der Waals surface area contributed by atoms with Crippen molar-refractivity contribution in [1.82, 2.24) is 0 Å². The van der Waals surface area contributed by atoms with Gasteiger partial charge in [-0.25, -0.2) is 4.79 Å². The maximum atomic E-state index is 11.7. The molecule has 2 rings (SSSR count). The number of hydrogen-bond acceptors (Lipinski definition) is 5. The topological polar surface area (TPSA) is 81.5 Å². The number of anilines is 1. The molecule has 0 radical (unpaired) electrons. The molecule has 2 atom stereocenters. The molecular weight excluding hydrogens is 236 g/mol. The van der Waals surface area contributed by atoms with E-state index >= 15 is 0 Å². The quantitative estimate of drug-likeness (QED) is 0.504. The van der Waals surface area contributed by atoms with Gasteiger partial charge < -0.3 is 10.1 Å². The van der Waals surface area contributed by atoms with Gasteiger partial charge in [-0.05, 0) is 18.6 Å². The van der Waals surface area contributed by atoms with E-state index in [-0.39, 0.29) is 17.6 Å². The number of benzene rings is 1. The first-order valence-electron chi connectivity index (χ1n) is 5.76. The van der Waals surface area contributed by atoms with Gasteiger partial charge in [-0.2, -0.15) is 0 Å². The van der Waals surface area contributed by atoms with Crippen LogP contribution in [-0.4, -0.2) is 23.5 Å². The number of carbonyl (C=O) groups excluding carboxylic acids is 1. The van der Waals surface area contributed by atoms with Crippen molar-refractivity contribution >= 4 is 17.3 Å². The number of rotatable bonds is 3. The summed E-state index contributed by atoms with van der Waals surface area (Å²) in [6.45, 7) is 3.92. The molecule has 1 aliphatic rings. The van der Waals surface area contributed by atoms with Gasteiger partial charge in [0.05, 0.1) is 11.5 Å². The summed E-state index contributed by atoms with van der Waals surface area (Å²) in [5.41, 5.74) is 1.57. The van der Waals surface area contributed by atoms with E-state index in [4.69, 9.17) is 4.74 Å². The normalized spacial score (nSPS) is 21.0. The lowest BCUT2D eigenvalue weighted by molar-refractivity contribution is -0.384. The fourth-order valence-electron chi connectivity index (χ4n) is 2.14. The highest BCUT2D eigenvalue weighted by Gasteiger charge is 2.35. The van der Waals surface area contributed by atoms with E-state index in [0.29, 0.717) is 6.61 Å². The van der Waals surface area contributed by atoms with Gasteiger partial charge in [-0.1, -0.05) is 6.92 Å². The smallest absolute Gasteiger partial charge is 0.329 e. The second-order valence-electron chi connectivity index (χ2n) is 4.19. The lowest BCUT2D eigenvalue weighted by atomic mass is 9.97. The number of carbonyl (C=O) groups is 1. The molecule has 1 aromatic rings. The summed E-state index contributed by atoms with van der Waals surface area (Å²) in [5, 5.41) is 13.8. The van der Waals surface area contributed by atoms with Crippen molar-refractivity contribution in [2.24, 2.45) is 0 Å². The van der Waals surface area contributed by atoms with Gasteiger partial charge in [0, 0.05) is 23.7 Å². The SMILES string of the molecule is CCOC(=O)C1Nc2ccc([N+](=O)[O-])cc2C1C. The Morgan fingerprint density at radius 2 is 2.28 bits per heavy atom. The molecule has 0 saturated heterocycles. The molecule has 6 nitrogen and oxygen atoms in total. The number of fused-ring (bicyclic) bond motifs is 1. The minimum absolute atomic E-state index is 0.0342. The Kier molecular flexibility index (Phi) is 3.18. The number of hydrogen-bond donors (Lipinski definition) is 1. The second kappa shape index (κ2) is 4.64. The summed E-state index contributed by atoms with van der Waals surface area (Å²) in [6.07, 6.45) is 0. The van der Waals surface area contributed by atoms with Crippen LogP contribution >= 0.6 is 0 Å². The van der Waals surface area contributed by atoms with Crippen molar-refractivity contribution < 1.29 is 14.5 Å². The van der Waals surface area contributed by atoms with Crippen LogP contribution in [0.3, 0.4) is 0 Å². The average Bonchev–Trinajstić information content (AvgIpc) is 2.67. The minimum Gasteiger partial charge on any atom is -0.464 e. The van der Waals surface area contributed by atoms with Crippen LogP contribution in [0.5, 0.6) is 0 Å². The molecule has 0 fully saturated rings. The molecule has 0 amide bonds. The number of nitrogens with zero attached hydrogens (tertiary/aromatic N) is 1. The molecule has 0 aromatic heterocycles. The third kappa shape index (κ3) is 2.01. The van der Waals surface area contributed by atoms with E-state index in [1.54, 1.807) is 13.0 Å². The third-order valence-corrected chi connectivity index (χ3v) is 3.09. The van der Waals surface area contributed by atoms with Crippen molar-refractivity contribution in [2.45, 2.75) is 25.8 Å². The summed E-state index contributed by atoms with van der Waals surface area (Å²) in [6, 6.07) is 4.09. The van der Waals surface area contributed by atoms with Gasteiger partial charge in [0.15, 0.2) is 0 Å². The fourth-order valence-corrected chi connectivity index (χ4v) is 2.14. The first-order chi connectivity index (χ1) is 8.54. The molecule has 1 N–H and O–H groups in total. The molecule has 0 saturated carbocycles. The highest BCUT2D eigenvalue weighted by Crippen LogP contribution is 2.38. The van der Waals surface area contributed by atoms with Crippen LogP contribution in [-0.2, 0) is 9.53 Å². The molecule has 1 heterocycles. The van der Waals surface area contributed by atoms with Gasteiger partial charge in [-0.3, -0.25) is 10.1 Å². The van der Waals surface area contributed by atoms with E-state index in [2.05, 4.69) is 5.32 Å². The predicted octanol–water partition coefficient (Wildman–Crippen LogP) is 2.06. The van der Waals surface area contributed by atoms with E-state index in [0.717, 1.165) is 11.3 Å². The highest BCUT2D eigenvalue weighted by molar-refractivity contribution is 5.84. The maximum absolute atomic E-state index is 11.7. The summed E-state index contributed by atoms with van der Waals surface area (Å²) >= 11 is 0. The molecule has 1 aliphatic heterocycles. The van der Waals surface area contributed by atoms with Crippen LogP contribution < -0.4 is 5.32 Å². The number of ether oxygens (including phenoxy) is 1. The Balaban J connectivity index is 2.28. The van der Waals surface area contributed by atoms with Gasteiger partial charge in [0.25, 0.3) is 5.69 Å². The molecular formula is C12H14N2O4. The third-order valence-electron chi connectivity index (χ3n) is 3.09. The molecule has 0 aliphatic carbocycles. The summed E-state index contributed by atoms with van der Waals surface area (Å²) in [5.74, 6) is -0.470. The van der Waals surface area contributed by atoms with Crippen molar-refractivity contribution in [2.75, 3.05) is 11.9 Å². The number of nitrogens with one attached hydrogen (secondary N) is 1. The maximum Gasteiger partial charge on any atom is 0.329 e. The zero-order valence-corrected chi connectivity index (χ0v) is 10.2. The largest absolute Gasteiger partial charge is 0.464 e. The molecule has 0 bridgehead atoms. The Labute approximate surface area is 104 Å². The molecule has 6 heteroatoms. The van der Waals surface area contributed by atoms with Crippen LogP contribution in [0.25, 0.3) is 0 Å². The van der Waals surface area contributed by atoms with Gasteiger partial charge in [-0.15, -0.1) is 0 Å². The van der Waals surface area contributed by atoms with E-state index in [1.165, 1.54) is 12.1 Å². The van der Waals surface area contributed by atoms with Gasteiger partial charge in [0.2, 0.25) is 0 Å².